The summed E-state index contributed by atoms with van der Waals surface area (Å²) in [4.78, 5) is 19.6. The molecule has 2 aromatic heterocycles. The fourth-order valence-electron chi connectivity index (χ4n) is 2.68. The number of aliphatic hydroxyl groups excluding tert-OH is 1. The molecule has 3 rings (SSSR count). The Labute approximate surface area is 139 Å². The lowest BCUT2D eigenvalue weighted by atomic mass is 10.1. The summed E-state index contributed by atoms with van der Waals surface area (Å²) in [7, 11) is 0. The largest absolute Gasteiger partial charge is 0.393 e. The van der Waals surface area contributed by atoms with Gasteiger partial charge in [-0.2, -0.15) is 10.1 Å². The van der Waals surface area contributed by atoms with Crippen LogP contribution >= 0.6 is 0 Å². The van der Waals surface area contributed by atoms with Crippen molar-refractivity contribution in [2.24, 2.45) is 0 Å². The van der Waals surface area contributed by atoms with Crippen LogP contribution in [-0.2, 0) is 0 Å². The summed E-state index contributed by atoms with van der Waals surface area (Å²) in [5.74, 6) is 0.387. The van der Waals surface area contributed by atoms with Gasteiger partial charge in [-0.25, -0.2) is 4.68 Å². The number of hydrogen-bond acceptors (Lipinski definition) is 5. The van der Waals surface area contributed by atoms with Crippen molar-refractivity contribution in [3.8, 4) is 5.69 Å². The summed E-state index contributed by atoms with van der Waals surface area (Å²) in [5.41, 5.74) is 1.10. The molecule has 7 heteroatoms. The molecular weight excluding hydrogens is 306 g/mol. The van der Waals surface area contributed by atoms with E-state index >= 15 is 0 Å². The standard InChI is InChI=1S/C17H21N5O2/c1-3-12(9-11(2)23)19-17-20-15-14(16(24)21-17)10-18-22(15)13-7-5-4-6-8-13/h4-8,10-12,23H,3,9H2,1-2H3,(H2,19,20,21,24). The van der Waals surface area contributed by atoms with E-state index in [1.807, 2.05) is 37.3 Å². The molecule has 24 heavy (non-hydrogen) atoms. The molecule has 0 fully saturated rings. The number of anilines is 1. The monoisotopic (exact) mass is 327 g/mol. The van der Waals surface area contributed by atoms with Crippen LogP contribution in [-0.4, -0.2) is 37.0 Å². The van der Waals surface area contributed by atoms with Crippen molar-refractivity contribution in [3.05, 3.63) is 46.9 Å². The predicted molar refractivity (Wildman–Crippen MR) is 93.5 cm³/mol. The zero-order valence-corrected chi connectivity index (χ0v) is 13.7. The molecule has 0 aliphatic rings. The third-order valence-electron chi connectivity index (χ3n) is 3.90. The lowest BCUT2D eigenvalue weighted by molar-refractivity contribution is 0.176. The molecule has 2 unspecified atom stereocenters. The van der Waals surface area contributed by atoms with E-state index in [2.05, 4.69) is 20.4 Å². The Bertz CT molecular complexity index is 870. The highest BCUT2D eigenvalue weighted by Gasteiger charge is 2.14. The fraction of sp³-hybridized carbons (Fsp3) is 0.353. The minimum absolute atomic E-state index is 0.0266. The Kier molecular flexibility index (Phi) is 4.61. The molecular formula is C17H21N5O2. The molecule has 3 aromatic rings. The first-order valence-electron chi connectivity index (χ1n) is 8.06. The van der Waals surface area contributed by atoms with Crippen molar-refractivity contribution >= 4 is 17.0 Å². The summed E-state index contributed by atoms with van der Waals surface area (Å²) in [6.45, 7) is 3.76. The second kappa shape index (κ2) is 6.84. The predicted octanol–water partition coefficient (Wildman–Crippen LogP) is 2.07. The van der Waals surface area contributed by atoms with Gasteiger partial charge >= 0.3 is 0 Å². The molecule has 2 atom stereocenters. The number of aromatic nitrogens is 4. The highest BCUT2D eigenvalue weighted by Crippen LogP contribution is 2.15. The summed E-state index contributed by atoms with van der Waals surface area (Å²) in [5, 5.41) is 17.5. The van der Waals surface area contributed by atoms with E-state index in [9.17, 15) is 9.90 Å². The van der Waals surface area contributed by atoms with Crippen LogP contribution in [0.25, 0.3) is 16.7 Å². The van der Waals surface area contributed by atoms with Gasteiger partial charge < -0.3 is 10.4 Å². The van der Waals surface area contributed by atoms with Gasteiger partial charge in [0, 0.05) is 6.04 Å². The second-order valence-corrected chi connectivity index (χ2v) is 5.88. The van der Waals surface area contributed by atoms with Gasteiger partial charge in [0.1, 0.15) is 5.39 Å². The SMILES string of the molecule is CCC(CC(C)O)Nc1nc2c(cnn2-c2ccccc2)c(=O)[nH]1. The zero-order valence-electron chi connectivity index (χ0n) is 13.7. The smallest absolute Gasteiger partial charge is 0.263 e. The Morgan fingerprint density at radius 3 is 2.75 bits per heavy atom. The third kappa shape index (κ3) is 3.30. The van der Waals surface area contributed by atoms with E-state index in [4.69, 9.17) is 0 Å². The quantitative estimate of drug-likeness (QED) is 0.644. The van der Waals surface area contributed by atoms with Crippen molar-refractivity contribution in [3.63, 3.8) is 0 Å². The van der Waals surface area contributed by atoms with Crippen LogP contribution in [0.5, 0.6) is 0 Å². The van der Waals surface area contributed by atoms with Crippen LogP contribution in [0.4, 0.5) is 5.95 Å². The van der Waals surface area contributed by atoms with Crippen molar-refractivity contribution in [2.45, 2.75) is 38.8 Å². The van der Waals surface area contributed by atoms with Crippen molar-refractivity contribution in [1.82, 2.24) is 19.7 Å². The third-order valence-corrected chi connectivity index (χ3v) is 3.90. The maximum atomic E-state index is 12.3. The first kappa shape index (κ1) is 16.2. The van der Waals surface area contributed by atoms with Gasteiger partial charge in [-0.3, -0.25) is 9.78 Å². The first-order valence-corrected chi connectivity index (χ1v) is 8.06. The number of benzene rings is 1. The Morgan fingerprint density at radius 1 is 1.33 bits per heavy atom. The Hall–Kier alpha value is -2.67. The Balaban J connectivity index is 2.01. The van der Waals surface area contributed by atoms with E-state index in [0.717, 1.165) is 12.1 Å². The maximum absolute atomic E-state index is 12.3. The van der Waals surface area contributed by atoms with Gasteiger partial charge in [-0.1, -0.05) is 25.1 Å². The highest BCUT2D eigenvalue weighted by molar-refractivity contribution is 5.76. The number of para-hydroxylation sites is 1. The van der Waals surface area contributed by atoms with Gasteiger partial charge in [0.05, 0.1) is 18.0 Å². The van der Waals surface area contributed by atoms with Crippen LogP contribution in [0.3, 0.4) is 0 Å². The average molecular weight is 327 g/mol. The molecule has 0 aliphatic heterocycles. The number of aromatic amines is 1. The maximum Gasteiger partial charge on any atom is 0.263 e. The molecule has 0 saturated heterocycles. The lowest BCUT2D eigenvalue weighted by Crippen LogP contribution is -2.26. The van der Waals surface area contributed by atoms with E-state index in [1.54, 1.807) is 11.6 Å². The molecule has 7 nitrogen and oxygen atoms in total. The molecule has 0 radical (unpaired) electrons. The van der Waals surface area contributed by atoms with Crippen molar-refractivity contribution in [1.29, 1.82) is 0 Å². The number of H-pyrrole nitrogens is 1. The number of rotatable bonds is 6. The van der Waals surface area contributed by atoms with Crippen molar-refractivity contribution < 1.29 is 5.11 Å². The lowest BCUT2D eigenvalue weighted by Gasteiger charge is -2.18. The van der Waals surface area contributed by atoms with Crippen LogP contribution < -0.4 is 10.9 Å². The second-order valence-electron chi connectivity index (χ2n) is 5.88. The number of hydrogen-bond donors (Lipinski definition) is 3. The van der Waals surface area contributed by atoms with Crippen LogP contribution in [0.1, 0.15) is 26.7 Å². The molecule has 0 aliphatic carbocycles. The van der Waals surface area contributed by atoms with E-state index in [0.29, 0.717) is 23.4 Å². The molecule has 1 aromatic carbocycles. The fourth-order valence-corrected chi connectivity index (χ4v) is 2.68. The molecule has 0 amide bonds. The van der Waals surface area contributed by atoms with Gasteiger partial charge in [-0.05, 0) is 31.9 Å². The molecule has 3 N–H and O–H groups in total. The number of nitrogens with zero attached hydrogens (tertiary/aromatic N) is 3. The van der Waals surface area contributed by atoms with Gasteiger partial charge in [0.2, 0.25) is 5.95 Å². The van der Waals surface area contributed by atoms with Crippen LogP contribution in [0.15, 0.2) is 41.3 Å². The normalized spacial score (nSPS) is 13.8. The highest BCUT2D eigenvalue weighted by atomic mass is 16.3. The van der Waals surface area contributed by atoms with Crippen LogP contribution in [0.2, 0.25) is 0 Å². The van der Waals surface area contributed by atoms with Gasteiger partial charge in [0.25, 0.3) is 5.56 Å². The number of fused-ring (bicyclic) bond motifs is 1. The van der Waals surface area contributed by atoms with E-state index in [1.165, 1.54) is 6.20 Å². The average Bonchev–Trinajstić information content (AvgIpc) is 2.99. The molecule has 126 valence electrons. The molecule has 0 saturated carbocycles. The van der Waals surface area contributed by atoms with Gasteiger partial charge in [0.15, 0.2) is 5.65 Å². The van der Waals surface area contributed by atoms with Crippen molar-refractivity contribution in [2.75, 3.05) is 5.32 Å². The minimum atomic E-state index is -0.423. The topological polar surface area (TPSA) is 95.8 Å². The summed E-state index contributed by atoms with van der Waals surface area (Å²) < 4.78 is 1.64. The van der Waals surface area contributed by atoms with E-state index < -0.39 is 6.10 Å². The zero-order chi connectivity index (χ0) is 17.1. The number of nitrogens with one attached hydrogen (secondary N) is 2. The van der Waals surface area contributed by atoms with Crippen LogP contribution in [0, 0.1) is 0 Å². The minimum Gasteiger partial charge on any atom is -0.393 e. The summed E-state index contributed by atoms with van der Waals surface area (Å²) in [6.07, 6.45) is 2.49. The molecule has 0 bridgehead atoms. The summed E-state index contributed by atoms with van der Waals surface area (Å²) in [6, 6.07) is 9.58. The molecule has 0 spiro atoms. The number of aliphatic hydroxyl groups is 1. The summed E-state index contributed by atoms with van der Waals surface area (Å²) >= 11 is 0. The van der Waals surface area contributed by atoms with Gasteiger partial charge in [-0.15, -0.1) is 0 Å². The van der Waals surface area contributed by atoms with E-state index in [-0.39, 0.29) is 11.6 Å². The first-order chi connectivity index (χ1) is 11.6. The molecule has 2 heterocycles. The Morgan fingerprint density at radius 2 is 2.08 bits per heavy atom.